The van der Waals surface area contributed by atoms with Crippen LogP contribution in [0.2, 0.25) is 0 Å². The summed E-state index contributed by atoms with van der Waals surface area (Å²) in [5.74, 6) is 0.877. The van der Waals surface area contributed by atoms with Gasteiger partial charge in [-0.3, -0.25) is 4.68 Å². The molecule has 1 saturated carbocycles. The third kappa shape index (κ3) is 5.40. The number of ether oxygens (including phenoxy) is 1. The van der Waals surface area contributed by atoms with Gasteiger partial charge in [0.1, 0.15) is 16.6 Å². The second kappa shape index (κ2) is 8.96. The number of pyridine rings is 1. The Hall–Kier alpha value is -3.23. The summed E-state index contributed by atoms with van der Waals surface area (Å²) in [6, 6.07) is 6.06. The lowest BCUT2D eigenvalue weighted by Crippen LogP contribution is -2.38. The molecular weight excluding hydrogens is 418 g/mol. The molecule has 2 N–H and O–H groups in total. The fraction of sp³-hybridized carbons (Fsp3) is 0.542. The fourth-order valence-corrected chi connectivity index (χ4v) is 4.35. The minimum Gasteiger partial charge on any atom is -0.444 e. The molecule has 4 rings (SSSR count). The number of anilines is 1. The zero-order valence-electron chi connectivity index (χ0n) is 20.2. The second-order valence-electron chi connectivity index (χ2n) is 9.99. The number of carbonyl (C=O) groups is 1. The van der Waals surface area contributed by atoms with Crippen molar-refractivity contribution < 1.29 is 9.53 Å². The Kier molecular flexibility index (Phi) is 6.23. The Morgan fingerprint density at radius 3 is 2.58 bits per heavy atom. The van der Waals surface area contributed by atoms with Gasteiger partial charge in [0.15, 0.2) is 0 Å². The summed E-state index contributed by atoms with van der Waals surface area (Å²) < 4.78 is 7.27. The summed E-state index contributed by atoms with van der Waals surface area (Å²) in [5.41, 5.74) is 3.94. The van der Waals surface area contributed by atoms with Crippen LogP contribution in [0.4, 0.5) is 10.7 Å². The van der Waals surface area contributed by atoms with E-state index in [4.69, 9.17) is 14.7 Å². The van der Waals surface area contributed by atoms with E-state index < -0.39 is 5.60 Å². The molecule has 1 aliphatic carbocycles. The Balaban J connectivity index is 1.45. The summed E-state index contributed by atoms with van der Waals surface area (Å²) in [7, 11) is 1.95. The van der Waals surface area contributed by atoms with Crippen molar-refractivity contribution in [3.8, 4) is 11.4 Å². The highest BCUT2D eigenvalue weighted by Crippen LogP contribution is 2.27. The third-order valence-electron chi connectivity index (χ3n) is 5.67. The molecule has 0 aromatic carbocycles. The highest BCUT2D eigenvalue weighted by Gasteiger charge is 2.28. The van der Waals surface area contributed by atoms with Crippen molar-refractivity contribution in [1.29, 1.82) is 0 Å². The van der Waals surface area contributed by atoms with E-state index in [0.29, 0.717) is 11.9 Å². The van der Waals surface area contributed by atoms with Crippen molar-refractivity contribution in [1.82, 2.24) is 30.0 Å². The Labute approximate surface area is 194 Å². The molecule has 3 heterocycles. The van der Waals surface area contributed by atoms with Gasteiger partial charge in [0, 0.05) is 25.3 Å². The summed E-state index contributed by atoms with van der Waals surface area (Å²) in [6.07, 6.45) is 3.97. The molecule has 9 heteroatoms. The van der Waals surface area contributed by atoms with Crippen molar-refractivity contribution in [3.05, 3.63) is 30.1 Å². The van der Waals surface area contributed by atoms with E-state index in [-0.39, 0.29) is 18.2 Å². The van der Waals surface area contributed by atoms with E-state index in [9.17, 15) is 4.79 Å². The molecule has 1 amide bonds. The maximum atomic E-state index is 12.1. The van der Waals surface area contributed by atoms with Gasteiger partial charge in [0.05, 0.1) is 17.1 Å². The van der Waals surface area contributed by atoms with Gasteiger partial charge in [-0.25, -0.2) is 19.7 Å². The van der Waals surface area contributed by atoms with E-state index in [2.05, 4.69) is 34.6 Å². The molecule has 0 aliphatic heterocycles. The van der Waals surface area contributed by atoms with Gasteiger partial charge in [-0.2, -0.15) is 5.10 Å². The lowest BCUT2D eigenvalue weighted by Gasteiger charge is -2.21. The first-order valence-corrected chi connectivity index (χ1v) is 11.5. The van der Waals surface area contributed by atoms with Crippen molar-refractivity contribution in [2.45, 2.75) is 77.5 Å². The maximum absolute atomic E-state index is 12.1. The predicted molar refractivity (Wildman–Crippen MR) is 128 cm³/mol. The lowest BCUT2D eigenvalue weighted by molar-refractivity contribution is 0.0505. The molecular formula is C24H33N7O2. The zero-order valence-corrected chi connectivity index (χ0v) is 20.2. The molecule has 0 radical (unpaired) electrons. The number of alkyl carbamates (subject to hydrolysis) is 1. The van der Waals surface area contributed by atoms with Gasteiger partial charge in [0.2, 0.25) is 5.95 Å². The van der Waals surface area contributed by atoms with Gasteiger partial charge in [-0.1, -0.05) is 13.8 Å². The van der Waals surface area contributed by atoms with Crippen LogP contribution in [0, 0.1) is 0 Å². The summed E-state index contributed by atoms with van der Waals surface area (Å²) in [4.78, 5) is 26.0. The molecule has 9 nitrogen and oxygen atoms in total. The minimum absolute atomic E-state index is 0.0737. The number of hydrogen-bond donors (Lipinski definition) is 2. The van der Waals surface area contributed by atoms with Crippen LogP contribution in [-0.4, -0.2) is 48.5 Å². The lowest BCUT2D eigenvalue weighted by atomic mass is 10.1. The molecule has 0 unspecified atom stereocenters. The first-order chi connectivity index (χ1) is 15.6. The van der Waals surface area contributed by atoms with E-state index in [1.807, 2.05) is 50.7 Å². The molecule has 176 valence electrons. The van der Waals surface area contributed by atoms with E-state index in [1.165, 1.54) is 0 Å². The quantitative estimate of drug-likeness (QED) is 0.592. The fourth-order valence-electron chi connectivity index (χ4n) is 4.35. The highest BCUT2D eigenvalue weighted by molar-refractivity contribution is 5.80. The van der Waals surface area contributed by atoms with Crippen LogP contribution in [0.25, 0.3) is 22.4 Å². The minimum atomic E-state index is -0.503. The zero-order chi connectivity index (χ0) is 23.8. The Morgan fingerprint density at radius 2 is 1.85 bits per heavy atom. The van der Waals surface area contributed by atoms with Crippen LogP contribution in [-0.2, 0) is 11.8 Å². The molecule has 1 fully saturated rings. The number of nitrogens with one attached hydrogen (secondary N) is 2. The van der Waals surface area contributed by atoms with Crippen LogP contribution >= 0.6 is 0 Å². The maximum Gasteiger partial charge on any atom is 0.407 e. The first-order valence-electron chi connectivity index (χ1n) is 11.5. The first kappa shape index (κ1) is 22.9. The van der Waals surface area contributed by atoms with Gasteiger partial charge >= 0.3 is 6.09 Å². The molecule has 1 aliphatic rings. The average molecular weight is 452 g/mol. The molecule has 0 saturated heterocycles. The number of aromatic nitrogens is 5. The van der Waals surface area contributed by atoms with Crippen LogP contribution in [0.5, 0.6) is 0 Å². The number of carbonyl (C=O) groups excluding carboxylic acids is 1. The standard InChI is InChI=1S/C24H33N7O2/c1-14(2)21-20-19(30-31(21)6)10-9-17(28-20)18-11-12-25-22(29-18)26-15-7-8-16(13-15)27-23(32)33-24(3,4)5/h9-12,14-16H,7-8,13H2,1-6H3,(H,27,32)(H,25,26,29)/t15-,16-/m0/s1. The van der Waals surface area contributed by atoms with E-state index in [1.54, 1.807) is 6.20 Å². The number of nitrogens with zero attached hydrogens (tertiary/aromatic N) is 5. The number of rotatable bonds is 5. The van der Waals surface area contributed by atoms with Gasteiger partial charge < -0.3 is 15.4 Å². The van der Waals surface area contributed by atoms with Crippen molar-refractivity contribution >= 4 is 23.1 Å². The van der Waals surface area contributed by atoms with Crippen LogP contribution in [0.3, 0.4) is 0 Å². The van der Waals surface area contributed by atoms with Gasteiger partial charge in [-0.05, 0) is 64.2 Å². The van der Waals surface area contributed by atoms with Crippen LogP contribution < -0.4 is 10.6 Å². The largest absolute Gasteiger partial charge is 0.444 e. The molecule has 33 heavy (non-hydrogen) atoms. The normalized spacial score (nSPS) is 18.6. The molecule has 0 bridgehead atoms. The van der Waals surface area contributed by atoms with Crippen molar-refractivity contribution in [2.24, 2.45) is 7.05 Å². The van der Waals surface area contributed by atoms with E-state index >= 15 is 0 Å². The molecule has 0 spiro atoms. The number of amides is 1. The summed E-state index contributed by atoms with van der Waals surface area (Å²) >= 11 is 0. The van der Waals surface area contributed by atoms with Crippen LogP contribution in [0.15, 0.2) is 24.4 Å². The Morgan fingerprint density at radius 1 is 1.12 bits per heavy atom. The SMILES string of the molecule is CC(C)c1c2nc(-c3ccnc(N[C@H]4CC[C@H](NC(=O)OC(C)(C)C)C4)n3)ccc2nn1C. The number of aryl methyl sites for hydroxylation is 1. The summed E-state index contributed by atoms with van der Waals surface area (Å²) in [6.45, 7) is 9.87. The monoisotopic (exact) mass is 451 g/mol. The van der Waals surface area contributed by atoms with Gasteiger partial charge in [-0.15, -0.1) is 0 Å². The predicted octanol–water partition coefficient (Wildman–Crippen LogP) is 4.41. The van der Waals surface area contributed by atoms with Crippen molar-refractivity contribution in [2.75, 3.05) is 5.32 Å². The number of fused-ring (bicyclic) bond motifs is 1. The average Bonchev–Trinajstić information content (AvgIpc) is 3.28. The summed E-state index contributed by atoms with van der Waals surface area (Å²) in [5, 5.41) is 10.9. The Bertz CT molecular complexity index is 1150. The van der Waals surface area contributed by atoms with Crippen molar-refractivity contribution in [3.63, 3.8) is 0 Å². The van der Waals surface area contributed by atoms with E-state index in [0.717, 1.165) is 47.4 Å². The van der Waals surface area contributed by atoms with Gasteiger partial charge in [0.25, 0.3) is 0 Å². The second-order valence-corrected chi connectivity index (χ2v) is 9.99. The third-order valence-corrected chi connectivity index (χ3v) is 5.67. The topological polar surface area (TPSA) is 107 Å². The van der Waals surface area contributed by atoms with Crippen LogP contribution in [0.1, 0.15) is 65.5 Å². The molecule has 3 aromatic heterocycles. The molecule has 2 atom stereocenters. The smallest absolute Gasteiger partial charge is 0.407 e. The molecule has 3 aromatic rings. The number of hydrogen-bond acceptors (Lipinski definition) is 7. The highest BCUT2D eigenvalue weighted by atomic mass is 16.6.